The molecule has 3 N–H and O–H groups in total. The van der Waals surface area contributed by atoms with E-state index in [0.29, 0.717) is 18.8 Å². The molecule has 4 heteroatoms. The number of aliphatic hydroxyl groups excluding tert-OH is 1. The first-order valence-corrected chi connectivity index (χ1v) is 6.33. The van der Waals surface area contributed by atoms with Gasteiger partial charge in [-0.1, -0.05) is 35.9 Å². The number of nitrogens with two attached hydrogens (primary N) is 1. The average Bonchev–Trinajstić information content (AvgIpc) is 2.42. The Kier molecular flexibility index (Phi) is 4.49. The standard InChI is InChI=1S/C15H19N3O/c1-12-5-7-13(8-6-12)11-18(16)15-4-2-3-14(17-15)9-10-19/h2-8,19H,9-11,16H2,1H3. The SMILES string of the molecule is Cc1ccc(CN(N)c2cccc(CCO)n2)cc1. The summed E-state index contributed by atoms with van der Waals surface area (Å²) in [7, 11) is 0. The second-order valence-corrected chi connectivity index (χ2v) is 4.57. The van der Waals surface area contributed by atoms with Crippen LogP contribution in [0, 0.1) is 6.92 Å². The molecule has 19 heavy (non-hydrogen) atoms. The fourth-order valence-electron chi connectivity index (χ4n) is 1.85. The molecular formula is C15H19N3O. The van der Waals surface area contributed by atoms with E-state index in [1.807, 2.05) is 18.2 Å². The number of hydrogen-bond acceptors (Lipinski definition) is 4. The van der Waals surface area contributed by atoms with Crippen LogP contribution in [0.2, 0.25) is 0 Å². The molecule has 1 heterocycles. The maximum atomic E-state index is 8.93. The third kappa shape index (κ3) is 3.77. The summed E-state index contributed by atoms with van der Waals surface area (Å²) < 4.78 is 0. The molecule has 0 unspecified atom stereocenters. The Bertz CT molecular complexity index is 525. The van der Waals surface area contributed by atoms with Crippen LogP contribution in [0.5, 0.6) is 0 Å². The Balaban J connectivity index is 2.08. The van der Waals surface area contributed by atoms with Gasteiger partial charge in [-0.2, -0.15) is 0 Å². The first-order chi connectivity index (χ1) is 9.19. The number of aryl methyl sites for hydroxylation is 1. The highest BCUT2D eigenvalue weighted by atomic mass is 16.3. The number of rotatable bonds is 5. The van der Waals surface area contributed by atoms with E-state index in [0.717, 1.165) is 11.3 Å². The molecule has 0 amide bonds. The van der Waals surface area contributed by atoms with Crippen molar-refractivity contribution >= 4 is 5.82 Å². The van der Waals surface area contributed by atoms with Crippen molar-refractivity contribution < 1.29 is 5.11 Å². The lowest BCUT2D eigenvalue weighted by molar-refractivity contribution is 0.298. The van der Waals surface area contributed by atoms with Gasteiger partial charge in [0.05, 0.1) is 6.54 Å². The number of benzene rings is 1. The molecule has 0 aliphatic rings. The molecule has 0 aliphatic heterocycles. The summed E-state index contributed by atoms with van der Waals surface area (Å²) in [5.41, 5.74) is 3.22. The van der Waals surface area contributed by atoms with Crippen LogP contribution in [-0.2, 0) is 13.0 Å². The van der Waals surface area contributed by atoms with Crippen molar-refractivity contribution in [3.05, 3.63) is 59.3 Å². The Labute approximate surface area is 113 Å². The van der Waals surface area contributed by atoms with Gasteiger partial charge in [0, 0.05) is 18.7 Å². The van der Waals surface area contributed by atoms with Gasteiger partial charge < -0.3 is 5.11 Å². The van der Waals surface area contributed by atoms with Gasteiger partial charge in [-0.05, 0) is 24.6 Å². The minimum absolute atomic E-state index is 0.0962. The lowest BCUT2D eigenvalue weighted by Crippen LogP contribution is -2.31. The van der Waals surface area contributed by atoms with Crippen LogP contribution in [0.4, 0.5) is 5.82 Å². The summed E-state index contributed by atoms with van der Waals surface area (Å²) in [6.07, 6.45) is 0.548. The quantitative estimate of drug-likeness (QED) is 0.633. The van der Waals surface area contributed by atoms with Gasteiger partial charge in [-0.25, -0.2) is 10.8 Å². The topological polar surface area (TPSA) is 62.4 Å². The van der Waals surface area contributed by atoms with Gasteiger partial charge in [-0.3, -0.25) is 5.01 Å². The summed E-state index contributed by atoms with van der Waals surface area (Å²) in [6, 6.07) is 13.9. The maximum Gasteiger partial charge on any atom is 0.143 e. The third-order valence-corrected chi connectivity index (χ3v) is 2.93. The van der Waals surface area contributed by atoms with Crippen LogP contribution >= 0.6 is 0 Å². The van der Waals surface area contributed by atoms with E-state index in [-0.39, 0.29) is 6.61 Å². The molecule has 0 radical (unpaired) electrons. The monoisotopic (exact) mass is 257 g/mol. The fraction of sp³-hybridized carbons (Fsp3) is 0.267. The number of aromatic nitrogens is 1. The molecule has 0 fully saturated rings. The molecule has 0 bridgehead atoms. The Morgan fingerprint density at radius 3 is 2.58 bits per heavy atom. The van der Waals surface area contributed by atoms with Crippen molar-refractivity contribution in [2.45, 2.75) is 19.9 Å². The van der Waals surface area contributed by atoms with E-state index in [4.69, 9.17) is 10.9 Å². The van der Waals surface area contributed by atoms with Crippen molar-refractivity contribution in [1.29, 1.82) is 0 Å². The van der Waals surface area contributed by atoms with Crippen LogP contribution < -0.4 is 10.9 Å². The predicted octanol–water partition coefficient (Wildman–Crippen LogP) is 1.81. The van der Waals surface area contributed by atoms with Crippen molar-refractivity contribution in [1.82, 2.24) is 4.98 Å². The van der Waals surface area contributed by atoms with E-state index in [1.165, 1.54) is 5.56 Å². The molecule has 0 aliphatic carbocycles. The maximum absolute atomic E-state index is 8.93. The first kappa shape index (κ1) is 13.5. The van der Waals surface area contributed by atoms with Gasteiger partial charge >= 0.3 is 0 Å². The van der Waals surface area contributed by atoms with Gasteiger partial charge in [0.1, 0.15) is 5.82 Å². The van der Waals surface area contributed by atoms with E-state index in [2.05, 4.69) is 36.2 Å². The van der Waals surface area contributed by atoms with E-state index < -0.39 is 0 Å². The van der Waals surface area contributed by atoms with Crippen molar-refractivity contribution in [3.8, 4) is 0 Å². The lowest BCUT2D eigenvalue weighted by Gasteiger charge is -2.18. The molecule has 0 spiro atoms. The van der Waals surface area contributed by atoms with E-state index >= 15 is 0 Å². The Morgan fingerprint density at radius 2 is 1.89 bits per heavy atom. The van der Waals surface area contributed by atoms with E-state index in [1.54, 1.807) is 5.01 Å². The summed E-state index contributed by atoms with van der Waals surface area (Å²) >= 11 is 0. The number of aliphatic hydroxyl groups is 1. The van der Waals surface area contributed by atoms with Crippen molar-refractivity contribution in [3.63, 3.8) is 0 Å². The number of pyridine rings is 1. The van der Waals surface area contributed by atoms with Crippen LogP contribution in [0.25, 0.3) is 0 Å². The van der Waals surface area contributed by atoms with Crippen LogP contribution in [0.1, 0.15) is 16.8 Å². The summed E-state index contributed by atoms with van der Waals surface area (Å²) in [6.45, 7) is 2.76. The molecule has 4 nitrogen and oxygen atoms in total. The fourth-order valence-corrected chi connectivity index (χ4v) is 1.85. The molecular weight excluding hydrogens is 238 g/mol. The highest BCUT2D eigenvalue weighted by Gasteiger charge is 2.05. The number of hydrazine groups is 1. The average molecular weight is 257 g/mol. The summed E-state index contributed by atoms with van der Waals surface area (Å²) in [4.78, 5) is 4.42. The zero-order chi connectivity index (χ0) is 13.7. The summed E-state index contributed by atoms with van der Waals surface area (Å²) in [5.74, 6) is 6.75. The van der Waals surface area contributed by atoms with Gasteiger partial charge in [-0.15, -0.1) is 0 Å². The minimum atomic E-state index is 0.0962. The molecule has 0 atom stereocenters. The Morgan fingerprint density at radius 1 is 1.16 bits per heavy atom. The van der Waals surface area contributed by atoms with Crippen LogP contribution in [0.3, 0.4) is 0 Å². The number of anilines is 1. The first-order valence-electron chi connectivity index (χ1n) is 6.33. The highest BCUT2D eigenvalue weighted by Crippen LogP contribution is 2.12. The second-order valence-electron chi connectivity index (χ2n) is 4.57. The van der Waals surface area contributed by atoms with Crippen molar-refractivity contribution in [2.75, 3.05) is 11.6 Å². The molecule has 100 valence electrons. The van der Waals surface area contributed by atoms with Gasteiger partial charge in [0.2, 0.25) is 0 Å². The molecule has 2 aromatic rings. The molecule has 1 aromatic carbocycles. The lowest BCUT2D eigenvalue weighted by atomic mass is 10.1. The second kappa shape index (κ2) is 6.31. The smallest absolute Gasteiger partial charge is 0.143 e. The van der Waals surface area contributed by atoms with Gasteiger partial charge in [0.15, 0.2) is 0 Å². The largest absolute Gasteiger partial charge is 0.396 e. The van der Waals surface area contributed by atoms with Crippen molar-refractivity contribution in [2.24, 2.45) is 5.84 Å². The normalized spacial score (nSPS) is 10.5. The zero-order valence-corrected chi connectivity index (χ0v) is 11.1. The minimum Gasteiger partial charge on any atom is -0.396 e. The summed E-state index contributed by atoms with van der Waals surface area (Å²) in [5, 5.41) is 10.5. The Hall–Kier alpha value is -1.91. The number of nitrogens with zero attached hydrogens (tertiary/aromatic N) is 2. The third-order valence-electron chi connectivity index (χ3n) is 2.93. The number of hydrogen-bond donors (Lipinski definition) is 2. The predicted molar refractivity (Wildman–Crippen MR) is 76.6 cm³/mol. The molecule has 1 aromatic heterocycles. The van der Waals surface area contributed by atoms with Gasteiger partial charge in [0.25, 0.3) is 0 Å². The molecule has 0 saturated heterocycles. The molecule has 2 rings (SSSR count). The van der Waals surface area contributed by atoms with E-state index in [9.17, 15) is 0 Å². The van der Waals surface area contributed by atoms with Crippen LogP contribution in [-0.4, -0.2) is 16.7 Å². The highest BCUT2D eigenvalue weighted by molar-refractivity contribution is 5.38. The van der Waals surface area contributed by atoms with Crippen LogP contribution in [0.15, 0.2) is 42.5 Å². The zero-order valence-electron chi connectivity index (χ0n) is 11.1. The molecule has 0 saturated carbocycles.